The Labute approximate surface area is 121 Å². The molecule has 1 aliphatic carbocycles. The Morgan fingerprint density at radius 1 is 1.25 bits per heavy atom. The Morgan fingerprint density at radius 3 is 2.60 bits per heavy atom. The van der Waals surface area contributed by atoms with Gasteiger partial charge in [-0.05, 0) is 49.3 Å². The average molecular weight is 270 g/mol. The number of carboxylic acid groups (broad SMARTS) is 1. The molecule has 0 radical (unpaired) electrons. The maximum absolute atomic E-state index is 10.2. The molecule has 0 atom stereocenters. The van der Waals surface area contributed by atoms with Crippen molar-refractivity contribution < 1.29 is 9.90 Å². The van der Waals surface area contributed by atoms with Gasteiger partial charge in [0.15, 0.2) is 0 Å². The van der Waals surface area contributed by atoms with Crippen LogP contribution in [-0.4, -0.2) is 11.1 Å². The Hall–Kier alpha value is -2.01. The third-order valence-electron chi connectivity index (χ3n) is 3.49. The highest BCUT2D eigenvalue weighted by Gasteiger charge is 2.26. The molecule has 0 aliphatic heterocycles. The number of carboxylic acids is 1. The van der Waals surface area contributed by atoms with Gasteiger partial charge in [0.25, 0.3) is 0 Å². The lowest BCUT2D eigenvalue weighted by atomic mass is 9.73. The van der Waals surface area contributed by atoms with Gasteiger partial charge in [-0.25, -0.2) is 4.79 Å². The molecule has 0 fully saturated rings. The predicted octanol–water partition coefficient (Wildman–Crippen LogP) is 4.27. The van der Waals surface area contributed by atoms with Crippen molar-refractivity contribution in [2.75, 3.05) is 0 Å². The van der Waals surface area contributed by atoms with E-state index in [0.29, 0.717) is 0 Å². The third kappa shape index (κ3) is 5.32. The summed E-state index contributed by atoms with van der Waals surface area (Å²) in [5.74, 6) is 4.85. The van der Waals surface area contributed by atoms with E-state index >= 15 is 0 Å². The lowest BCUT2D eigenvalue weighted by Gasteiger charge is -2.32. The second-order valence-corrected chi connectivity index (χ2v) is 5.61. The van der Waals surface area contributed by atoms with Crippen molar-refractivity contribution in [3.63, 3.8) is 0 Å². The van der Waals surface area contributed by atoms with Gasteiger partial charge in [0, 0.05) is 6.08 Å². The van der Waals surface area contributed by atoms with Crippen LogP contribution in [0, 0.1) is 17.3 Å². The van der Waals surface area contributed by atoms with Gasteiger partial charge in [-0.1, -0.05) is 49.5 Å². The molecule has 0 aromatic heterocycles. The van der Waals surface area contributed by atoms with Crippen LogP contribution in [0.4, 0.5) is 0 Å². The van der Waals surface area contributed by atoms with Crippen molar-refractivity contribution in [1.29, 1.82) is 0 Å². The lowest BCUT2D eigenvalue weighted by molar-refractivity contribution is -0.131. The molecule has 106 valence electrons. The Bertz CT molecular complexity index is 532. The fourth-order valence-corrected chi connectivity index (χ4v) is 2.47. The van der Waals surface area contributed by atoms with Gasteiger partial charge >= 0.3 is 5.97 Å². The summed E-state index contributed by atoms with van der Waals surface area (Å²) in [5, 5.41) is 8.40. The summed E-state index contributed by atoms with van der Waals surface area (Å²) in [5.41, 5.74) is 3.09. The topological polar surface area (TPSA) is 37.3 Å². The van der Waals surface area contributed by atoms with Gasteiger partial charge in [0.05, 0.1) is 0 Å². The number of aliphatic carboxylic acids is 1. The molecule has 0 saturated heterocycles. The molecule has 1 aliphatic rings. The smallest absolute Gasteiger partial charge is 0.328 e. The summed E-state index contributed by atoms with van der Waals surface area (Å²) < 4.78 is 0. The predicted molar refractivity (Wildman–Crippen MR) is 83.2 cm³/mol. The van der Waals surface area contributed by atoms with E-state index in [9.17, 15) is 4.79 Å². The number of rotatable bonds is 3. The largest absolute Gasteiger partial charge is 0.478 e. The molecule has 0 aromatic carbocycles. The highest BCUT2D eigenvalue weighted by atomic mass is 16.4. The first kappa shape index (κ1) is 16.0. The lowest BCUT2D eigenvalue weighted by Crippen LogP contribution is -2.18. The van der Waals surface area contributed by atoms with Crippen LogP contribution in [0.15, 0.2) is 47.6 Å². The summed E-state index contributed by atoms with van der Waals surface area (Å²) in [4.78, 5) is 10.2. The van der Waals surface area contributed by atoms with Crippen molar-refractivity contribution in [3.8, 4) is 11.8 Å². The summed E-state index contributed by atoms with van der Waals surface area (Å²) in [7, 11) is 0. The Balaban J connectivity index is 2.63. The van der Waals surface area contributed by atoms with Crippen molar-refractivity contribution >= 4 is 5.97 Å². The van der Waals surface area contributed by atoms with E-state index in [4.69, 9.17) is 5.11 Å². The van der Waals surface area contributed by atoms with E-state index in [1.165, 1.54) is 36.5 Å². The quantitative estimate of drug-likeness (QED) is 0.472. The normalized spacial score (nSPS) is 18.8. The monoisotopic (exact) mass is 270 g/mol. The van der Waals surface area contributed by atoms with Crippen molar-refractivity contribution in [2.45, 2.75) is 40.0 Å². The third-order valence-corrected chi connectivity index (χ3v) is 3.49. The minimum Gasteiger partial charge on any atom is -0.478 e. The van der Waals surface area contributed by atoms with E-state index < -0.39 is 5.97 Å². The minimum atomic E-state index is -0.954. The van der Waals surface area contributed by atoms with Crippen LogP contribution in [0.2, 0.25) is 0 Å². The van der Waals surface area contributed by atoms with E-state index in [2.05, 4.69) is 38.7 Å². The highest BCUT2D eigenvalue weighted by Crippen LogP contribution is 2.40. The van der Waals surface area contributed by atoms with Crippen LogP contribution in [0.3, 0.4) is 0 Å². The summed E-state index contributed by atoms with van der Waals surface area (Å²) in [6, 6.07) is 0. The number of hydrogen-bond acceptors (Lipinski definition) is 1. The van der Waals surface area contributed by atoms with Crippen LogP contribution < -0.4 is 0 Å². The zero-order chi connectivity index (χ0) is 15.0. The van der Waals surface area contributed by atoms with Gasteiger partial charge in [0.2, 0.25) is 0 Å². The van der Waals surface area contributed by atoms with E-state index in [-0.39, 0.29) is 5.41 Å². The molecule has 0 unspecified atom stereocenters. The summed E-state index contributed by atoms with van der Waals surface area (Å²) >= 11 is 0. The number of hydrogen-bond donors (Lipinski definition) is 1. The molecule has 2 heteroatoms. The van der Waals surface area contributed by atoms with Crippen LogP contribution in [0.5, 0.6) is 0 Å². The van der Waals surface area contributed by atoms with E-state index in [1.54, 1.807) is 12.2 Å². The minimum absolute atomic E-state index is 0.237. The molecular formula is C18H22O2. The maximum Gasteiger partial charge on any atom is 0.328 e. The molecular weight excluding hydrogens is 248 g/mol. The molecule has 0 bridgehead atoms. The van der Waals surface area contributed by atoms with Gasteiger partial charge in [-0.15, -0.1) is 0 Å². The number of carbonyl (C=O) groups is 1. The van der Waals surface area contributed by atoms with E-state index in [1.807, 2.05) is 6.08 Å². The summed E-state index contributed by atoms with van der Waals surface area (Å²) in [6.45, 7) is 6.75. The molecule has 1 rings (SSSR count). The molecule has 2 nitrogen and oxygen atoms in total. The van der Waals surface area contributed by atoms with Crippen LogP contribution in [0.25, 0.3) is 0 Å². The van der Waals surface area contributed by atoms with Crippen molar-refractivity contribution in [2.24, 2.45) is 5.41 Å². The summed E-state index contributed by atoms with van der Waals surface area (Å²) in [6.07, 6.45) is 13.4. The average Bonchev–Trinajstić information content (AvgIpc) is 2.34. The van der Waals surface area contributed by atoms with Crippen molar-refractivity contribution in [3.05, 3.63) is 47.6 Å². The second kappa shape index (κ2) is 7.55. The Kier molecular flexibility index (Phi) is 6.06. The van der Waals surface area contributed by atoms with Gasteiger partial charge in [0.1, 0.15) is 0 Å². The van der Waals surface area contributed by atoms with Crippen molar-refractivity contribution in [1.82, 2.24) is 0 Å². The number of allylic oxidation sites excluding steroid dienone is 7. The molecule has 20 heavy (non-hydrogen) atoms. The first-order chi connectivity index (χ1) is 9.43. The first-order valence-electron chi connectivity index (χ1n) is 6.87. The van der Waals surface area contributed by atoms with Crippen LogP contribution >= 0.6 is 0 Å². The maximum atomic E-state index is 10.2. The highest BCUT2D eigenvalue weighted by molar-refractivity contribution is 5.80. The van der Waals surface area contributed by atoms with Gasteiger partial charge in [-0.2, -0.15) is 0 Å². The molecule has 0 saturated carbocycles. The zero-order valence-electron chi connectivity index (χ0n) is 12.4. The van der Waals surface area contributed by atoms with Crippen LogP contribution in [0.1, 0.15) is 40.0 Å². The van der Waals surface area contributed by atoms with Gasteiger partial charge in [-0.3, -0.25) is 0 Å². The second-order valence-electron chi connectivity index (χ2n) is 5.61. The molecule has 0 amide bonds. The molecule has 0 aromatic rings. The van der Waals surface area contributed by atoms with Gasteiger partial charge < -0.3 is 5.11 Å². The van der Waals surface area contributed by atoms with E-state index in [0.717, 1.165) is 6.08 Å². The fraction of sp³-hybridized carbons (Fsp3) is 0.389. The van der Waals surface area contributed by atoms with Crippen LogP contribution in [-0.2, 0) is 4.79 Å². The SMILES string of the molecule is CC1=C(/C=C/C#C/C=C/C=C/C(=O)O)C(C)(C)CCC1. The molecule has 0 heterocycles. The molecule has 0 spiro atoms. The fourth-order valence-electron chi connectivity index (χ4n) is 2.47. The Morgan fingerprint density at radius 2 is 1.95 bits per heavy atom. The first-order valence-corrected chi connectivity index (χ1v) is 6.87. The zero-order valence-corrected chi connectivity index (χ0v) is 12.4. The molecule has 1 N–H and O–H groups in total. The standard InChI is InChI=1S/C18H22O2/c1-15-11-10-14-18(2,3)16(15)12-8-6-4-5-7-9-13-17(19)20/h5,7-9,12-13H,10-11,14H2,1-3H3,(H,19,20)/b7-5+,12-8+,13-9+.